The van der Waals surface area contributed by atoms with Gasteiger partial charge in [-0.25, -0.2) is 4.79 Å². The van der Waals surface area contributed by atoms with E-state index in [4.69, 9.17) is 0 Å². The van der Waals surface area contributed by atoms with Crippen LogP contribution in [0.5, 0.6) is 0 Å². The number of rotatable bonds is 5. The Bertz CT molecular complexity index is 691. The van der Waals surface area contributed by atoms with Crippen LogP contribution in [0.1, 0.15) is 26.7 Å². The molecule has 6 nitrogen and oxygen atoms in total. The number of nitrogens with zero attached hydrogens (tertiary/aromatic N) is 1. The van der Waals surface area contributed by atoms with E-state index in [1.165, 1.54) is 4.90 Å². The minimum Gasteiger partial charge on any atom is -0.383 e. The number of benzene rings is 1. The van der Waals surface area contributed by atoms with Gasteiger partial charge in [0.25, 0.3) is 0 Å². The van der Waals surface area contributed by atoms with E-state index in [0.29, 0.717) is 18.6 Å². The van der Waals surface area contributed by atoms with Gasteiger partial charge in [-0.05, 0) is 17.5 Å². The third kappa shape index (κ3) is 5.82. The number of piperazine rings is 1. The first-order valence-electron chi connectivity index (χ1n) is 9.83. The molecular formula is C21H31N4O2+. The number of quaternary nitrogens is 1. The molecule has 1 aromatic carbocycles. The number of anilines is 1. The average molecular weight is 372 g/mol. The molecule has 6 heteroatoms. The molecule has 0 aromatic heterocycles. The molecule has 0 unspecified atom stereocenters. The number of hydrogen-bond acceptors (Lipinski definition) is 3. The number of para-hydroxylation sites is 1. The maximum Gasteiger partial charge on any atom is 0.322 e. The summed E-state index contributed by atoms with van der Waals surface area (Å²) in [7, 11) is 0. The molecule has 0 atom stereocenters. The van der Waals surface area contributed by atoms with Crippen LogP contribution < -0.4 is 15.5 Å². The van der Waals surface area contributed by atoms with Crippen LogP contribution in [0.4, 0.5) is 10.5 Å². The summed E-state index contributed by atoms with van der Waals surface area (Å²) in [5, 5.41) is 6.40. The van der Waals surface area contributed by atoms with Crippen LogP contribution in [-0.4, -0.2) is 56.0 Å². The van der Waals surface area contributed by atoms with Gasteiger partial charge in [-0.1, -0.05) is 38.1 Å². The van der Waals surface area contributed by atoms with Gasteiger partial charge >= 0.3 is 6.03 Å². The van der Waals surface area contributed by atoms with Crippen molar-refractivity contribution in [2.45, 2.75) is 26.7 Å². The number of hydrogen-bond donors (Lipinski definition) is 3. The fraction of sp³-hybridized carbons (Fsp3) is 0.524. The molecule has 0 saturated carbocycles. The van der Waals surface area contributed by atoms with Crippen LogP contribution in [0.3, 0.4) is 0 Å². The van der Waals surface area contributed by atoms with E-state index in [-0.39, 0.29) is 11.4 Å². The van der Waals surface area contributed by atoms with Gasteiger partial charge in [0.15, 0.2) is 0 Å². The lowest BCUT2D eigenvalue weighted by Crippen LogP contribution is -3.15. The Morgan fingerprint density at radius 1 is 1.19 bits per heavy atom. The van der Waals surface area contributed by atoms with Gasteiger partial charge in [-0.3, -0.25) is 4.79 Å². The molecule has 1 aliphatic heterocycles. The first-order valence-corrected chi connectivity index (χ1v) is 9.83. The summed E-state index contributed by atoms with van der Waals surface area (Å²) in [4.78, 5) is 27.6. The Morgan fingerprint density at radius 2 is 1.89 bits per heavy atom. The summed E-state index contributed by atoms with van der Waals surface area (Å²) in [6.07, 6.45) is 3.37. The predicted molar refractivity (Wildman–Crippen MR) is 107 cm³/mol. The molecule has 1 saturated heterocycles. The number of allylic oxidation sites excluding steroid dienone is 2. The SMILES string of the molecule is CC1(C)C=C(NCC[NH+]2CCN(C(=O)Nc3ccccc3)CC2)CC(=O)C1. The Balaban J connectivity index is 1.38. The van der Waals surface area contributed by atoms with Crippen molar-refractivity contribution in [3.05, 3.63) is 42.1 Å². The zero-order valence-electron chi connectivity index (χ0n) is 16.4. The second-order valence-corrected chi connectivity index (χ2v) is 8.26. The van der Waals surface area contributed by atoms with Crippen molar-refractivity contribution in [1.29, 1.82) is 0 Å². The highest BCUT2D eigenvalue weighted by Gasteiger charge is 2.27. The number of nitrogens with one attached hydrogen (secondary N) is 3. The summed E-state index contributed by atoms with van der Waals surface area (Å²) in [5.41, 5.74) is 1.86. The van der Waals surface area contributed by atoms with Crippen molar-refractivity contribution in [3.8, 4) is 0 Å². The topological polar surface area (TPSA) is 65.9 Å². The van der Waals surface area contributed by atoms with Crippen LogP contribution in [0.25, 0.3) is 0 Å². The zero-order chi connectivity index (χ0) is 19.3. The highest BCUT2D eigenvalue weighted by molar-refractivity contribution is 5.89. The number of carbonyl (C=O) groups is 2. The summed E-state index contributed by atoms with van der Waals surface area (Å²) in [6, 6.07) is 9.55. The lowest BCUT2D eigenvalue weighted by Gasteiger charge is -2.32. The van der Waals surface area contributed by atoms with Crippen molar-refractivity contribution in [2.75, 3.05) is 44.6 Å². The molecule has 3 N–H and O–H groups in total. The van der Waals surface area contributed by atoms with Crippen molar-refractivity contribution in [2.24, 2.45) is 5.41 Å². The number of carbonyl (C=O) groups excluding carboxylic acids is 2. The van der Waals surface area contributed by atoms with Crippen molar-refractivity contribution < 1.29 is 14.5 Å². The van der Waals surface area contributed by atoms with Gasteiger partial charge in [-0.15, -0.1) is 0 Å². The normalized spacial score (nSPS) is 20.1. The van der Waals surface area contributed by atoms with Gasteiger partial charge in [0.2, 0.25) is 0 Å². The zero-order valence-corrected chi connectivity index (χ0v) is 16.4. The van der Waals surface area contributed by atoms with Crippen molar-refractivity contribution >= 4 is 17.5 Å². The Kier molecular flexibility index (Phi) is 6.16. The molecule has 1 fully saturated rings. The molecule has 2 aliphatic rings. The van der Waals surface area contributed by atoms with E-state index in [0.717, 1.165) is 50.7 Å². The molecule has 1 aliphatic carbocycles. The highest BCUT2D eigenvalue weighted by Crippen LogP contribution is 2.29. The molecule has 0 spiro atoms. The number of amides is 2. The molecule has 0 radical (unpaired) electrons. The van der Waals surface area contributed by atoms with E-state index in [2.05, 4.69) is 30.6 Å². The first-order chi connectivity index (χ1) is 12.9. The van der Waals surface area contributed by atoms with E-state index in [1.807, 2.05) is 35.2 Å². The Morgan fingerprint density at radius 3 is 2.56 bits per heavy atom. The highest BCUT2D eigenvalue weighted by atomic mass is 16.2. The molecule has 1 aromatic rings. The quantitative estimate of drug-likeness (QED) is 0.731. The van der Waals surface area contributed by atoms with Gasteiger partial charge in [0, 0.05) is 24.2 Å². The van der Waals surface area contributed by atoms with Gasteiger partial charge < -0.3 is 20.4 Å². The maximum atomic E-state index is 12.3. The molecule has 27 heavy (non-hydrogen) atoms. The molecule has 146 valence electrons. The molecule has 2 amide bonds. The third-order valence-electron chi connectivity index (χ3n) is 5.22. The lowest BCUT2D eigenvalue weighted by atomic mass is 9.81. The standard InChI is InChI=1S/C21H30N4O2/c1-21(2)15-18(14-19(26)16-21)22-8-9-24-10-12-25(13-11-24)20(27)23-17-6-4-3-5-7-17/h3-7,15,22H,8-14,16H2,1-2H3,(H,23,27)/p+1. The van der Waals surface area contributed by atoms with Crippen molar-refractivity contribution in [3.63, 3.8) is 0 Å². The van der Waals surface area contributed by atoms with E-state index < -0.39 is 0 Å². The average Bonchev–Trinajstić information content (AvgIpc) is 2.61. The predicted octanol–water partition coefficient (Wildman–Crippen LogP) is 1.28. The largest absolute Gasteiger partial charge is 0.383 e. The minimum atomic E-state index is -0.0394. The molecular weight excluding hydrogens is 340 g/mol. The monoisotopic (exact) mass is 371 g/mol. The number of urea groups is 1. The molecule has 0 bridgehead atoms. The lowest BCUT2D eigenvalue weighted by molar-refractivity contribution is -0.902. The summed E-state index contributed by atoms with van der Waals surface area (Å²) in [5.74, 6) is 0.315. The van der Waals surface area contributed by atoms with Crippen LogP contribution in [0.15, 0.2) is 42.1 Å². The Labute approximate surface area is 161 Å². The Hall–Kier alpha value is -2.34. The summed E-state index contributed by atoms with van der Waals surface area (Å²) < 4.78 is 0. The van der Waals surface area contributed by atoms with Gasteiger partial charge in [0.05, 0.1) is 39.3 Å². The second-order valence-electron chi connectivity index (χ2n) is 8.26. The molecule has 3 rings (SSSR count). The van der Waals surface area contributed by atoms with E-state index in [9.17, 15) is 9.59 Å². The summed E-state index contributed by atoms with van der Waals surface area (Å²) in [6.45, 7) is 9.51. The first kappa shape index (κ1) is 19.4. The van der Waals surface area contributed by atoms with Crippen LogP contribution in [-0.2, 0) is 4.79 Å². The second kappa shape index (κ2) is 8.57. The minimum absolute atomic E-state index is 0.0218. The third-order valence-corrected chi connectivity index (χ3v) is 5.22. The van der Waals surface area contributed by atoms with E-state index in [1.54, 1.807) is 0 Å². The maximum absolute atomic E-state index is 12.3. The molecule has 1 heterocycles. The van der Waals surface area contributed by atoms with Crippen LogP contribution >= 0.6 is 0 Å². The van der Waals surface area contributed by atoms with Crippen molar-refractivity contribution in [1.82, 2.24) is 10.2 Å². The fourth-order valence-electron chi connectivity index (χ4n) is 3.87. The smallest absolute Gasteiger partial charge is 0.322 e. The van der Waals surface area contributed by atoms with Gasteiger partial charge in [-0.2, -0.15) is 0 Å². The number of ketones is 1. The fourth-order valence-corrected chi connectivity index (χ4v) is 3.87. The summed E-state index contributed by atoms with van der Waals surface area (Å²) >= 11 is 0. The van der Waals surface area contributed by atoms with E-state index >= 15 is 0 Å². The number of Topliss-reactive ketones (excluding diaryl/α,β-unsaturated/α-hetero) is 1. The van der Waals surface area contributed by atoms with Gasteiger partial charge in [0.1, 0.15) is 5.78 Å². The van der Waals surface area contributed by atoms with Crippen LogP contribution in [0.2, 0.25) is 0 Å². The van der Waals surface area contributed by atoms with Crippen LogP contribution in [0, 0.1) is 5.41 Å².